The average molecular weight is 1410 g/mol. The van der Waals surface area contributed by atoms with E-state index in [1.807, 2.05) is 6.08 Å². The second kappa shape index (κ2) is 68.5. The minimum absolute atomic E-state index is 0.251. The van der Waals surface area contributed by atoms with Gasteiger partial charge in [-0.3, -0.25) is 4.79 Å². The molecule has 12 atom stereocenters. The summed E-state index contributed by atoms with van der Waals surface area (Å²) in [5, 5.41) is 87.7. The number of nitrogens with one attached hydrogen (secondary N) is 1. The molecule has 0 aliphatic carbocycles. The largest absolute Gasteiger partial charge is 0.394 e. The molecule has 2 fully saturated rings. The van der Waals surface area contributed by atoms with Gasteiger partial charge < -0.3 is 65.1 Å². The van der Waals surface area contributed by atoms with Crippen LogP contribution in [0, 0.1) is 0 Å². The Kier molecular flexibility index (Phi) is 63.3. The summed E-state index contributed by atoms with van der Waals surface area (Å²) in [7, 11) is 0. The fourth-order valence-electron chi connectivity index (χ4n) is 12.8. The molecular weight excluding hydrogens is 1250 g/mol. The number of hydrogen-bond acceptors (Lipinski definition) is 13. The van der Waals surface area contributed by atoms with E-state index in [0.29, 0.717) is 6.42 Å². The lowest BCUT2D eigenvalue weighted by atomic mass is 9.97. The molecule has 1 amide bonds. The van der Waals surface area contributed by atoms with Gasteiger partial charge in [0, 0.05) is 6.42 Å². The predicted octanol–water partition coefficient (Wildman–Crippen LogP) is 18.8. The van der Waals surface area contributed by atoms with Crippen molar-refractivity contribution in [3.63, 3.8) is 0 Å². The highest BCUT2D eigenvalue weighted by atomic mass is 16.7. The molecule has 0 aromatic rings. The van der Waals surface area contributed by atoms with Crippen molar-refractivity contribution in [3.8, 4) is 0 Å². The van der Waals surface area contributed by atoms with Gasteiger partial charge in [0.05, 0.1) is 32.0 Å². The predicted molar refractivity (Wildman–Crippen MR) is 415 cm³/mol. The lowest BCUT2D eigenvalue weighted by Crippen LogP contribution is -2.65. The van der Waals surface area contributed by atoms with E-state index in [4.69, 9.17) is 18.9 Å². The number of carbonyl (C=O) groups is 1. The monoisotopic (exact) mass is 1400 g/mol. The first-order valence-corrected chi connectivity index (χ1v) is 40.8. The molecule has 2 rings (SSSR count). The molecule has 0 radical (unpaired) electrons. The van der Waals surface area contributed by atoms with E-state index >= 15 is 0 Å². The van der Waals surface area contributed by atoms with E-state index in [2.05, 4.69) is 129 Å². The van der Waals surface area contributed by atoms with Crippen molar-refractivity contribution >= 4 is 5.91 Å². The van der Waals surface area contributed by atoms with Crippen LogP contribution in [0.1, 0.15) is 322 Å². The topological polar surface area (TPSA) is 228 Å². The van der Waals surface area contributed by atoms with Gasteiger partial charge in [0.15, 0.2) is 12.6 Å². The zero-order valence-electron chi connectivity index (χ0n) is 63.2. The van der Waals surface area contributed by atoms with Crippen LogP contribution in [-0.4, -0.2) is 140 Å². The summed E-state index contributed by atoms with van der Waals surface area (Å²) in [6, 6.07) is -0.937. The van der Waals surface area contributed by atoms with Crippen LogP contribution in [0.25, 0.3) is 0 Å². The Balaban J connectivity index is 1.65. The van der Waals surface area contributed by atoms with Crippen LogP contribution in [0.15, 0.2) is 122 Å². The van der Waals surface area contributed by atoms with Crippen molar-refractivity contribution in [2.75, 3.05) is 19.8 Å². The van der Waals surface area contributed by atoms with Crippen LogP contribution < -0.4 is 5.32 Å². The molecule has 2 heterocycles. The first-order chi connectivity index (χ1) is 49.1. The highest BCUT2D eigenvalue weighted by molar-refractivity contribution is 5.76. The minimum atomic E-state index is -1.80. The smallest absolute Gasteiger partial charge is 0.220 e. The van der Waals surface area contributed by atoms with Crippen LogP contribution in [0.4, 0.5) is 0 Å². The molecule has 0 bridgehead atoms. The number of rotatable bonds is 67. The summed E-state index contributed by atoms with van der Waals surface area (Å²) in [5.41, 5.74) is 0. The molecule has 2 saturated heterocycles. The molecule has 14 heteroatoms. The zero-order chi connectivity index (χ0) is 72.2. The molecule has 0 saturated carbocycles. The number of aliphatic hydroxyl groups is 8. The second-order valence-corrected chi connectivity index (χ2v) is 28.2. The summed E-state index contributed by atoms with van der Waals surface area (Å²) in [6.07, 6.45) is 84.2. The summed E-state index contributed by atoms with van der Waals surface area (Å²) >= 11 is 0. The van der Waals surface area contributed by atoms with Crippen molar-refractivity contribution in [1.29, 1.82) is 0 Å². The minimum Gasteiger partial charge on any atom is -0.394 e. The van der Waals surface area contributed by atoms with E-state index in [1.165, 1.54) is 186 Å². The maximum absolute atomic E-state index is 13.4. The van der Waals surface area contributed by atoms with Gasteiger partial charge in [-0.2, -0.15) is 0 Å². The fourth-order valence-corrected chi connectivity index (χ4v) is 12.8. The Labute approximate surface area is 609 Å². The van der Waals surface area contributed by atoms with Crippen molar-refractivity contribution in [2.45, 2.75) is 396 Å². The molecule has 9 N–H and O–H groups in total. The molecule has 12 unspecified atom stereocenters. The third-order valence-corrected chi connectivity index (χ3v) is 19.2. The normalized spacial score (nSPS) is 22.5. The van der Waals surface area contributed by atoms with Crippen molar-refractivity contribution < 1.29 is 64.6 Å². The van der Waals surface area contributed by atoms with E-state index in [1.54, 1.807) is 6.08 Å². The highest BCUT2D eigenvalue weighted by Crippen LogP contribution is 2.30. The first kappa shape index (κ1) is 92.5. The lowest BCUT2D eigenvalue weighted by molar-refractivity contribution is -0.359. The quantitative estimate of drug-likeness (QED) is 0.0204. The zero-order valence-corrected chi connectivity index (χ0v) is 63.2. The van der Waals surface area contributed by atoms with E-state index < -0.39 is 86.8 Å². The molecule has 2 aliphatic rings. The van der Waals surface area contributed by atoms with Crippen LogP contribution in [0.3, 0.4) is 0 Å². The van der Waals surface area contributed by atoms with E-state index in [9.17, 15) is 45.6 Å². The maximum Gasteiger partial charge on any atom is 0.220 e. The molecule has 14 nitrogen and oxygen atoms in total. The van der Waals surface area contributed by atoms with Crippen LogP contribution in [0.5, 0.6) is 0 Å². The summed E-state index contributed by atoms with van der Waals surface area (Å²) < 4.78 is 22.9. The summed E-state index contributed by atoms with van der Waals surface area (Å²) in [6.45, 7) is 2.70. The molecule has 2 aliphatic heterocycles. The third-order valence-electron chi connectivity index (χ3n) is 19.2. The van der Waals surface area contributed by atoms with Gasteiger partial charge in [0.2, 0.25) is 5.91 Å². The Hall–Kier alpha value is -3.61. The Morgan fingerprint density at radius 1 is 0.370 bits per heavy atom. The van der Waals surface area contributed by atoms with Gasteiger partial charge in [-0.25, -0.2) is 0 Å². The van der Waals surface area contributed by atoms with Crippen molar-refractivity contribution in [3.05, 3.63) is 122 Å². The van der Waals surface area contributed by atoms with Crippen LogP contribution in [-0.2, 0) is 23.7 Å². The average Bonchev–Trinajstić information content (AvgIpc) is 0.791. The maximum atomic E-state index is 13.4. The molecule has 576 valence electrons. The van der Waals surface area contributed by atoms with Crippen molar-refractivity contribution in [1.82, 2.24) is 5.32 Å². The first-order valence-electron chi connectivity index (χ1n) is 40.8. The van der Waals surface area contributed by atoms with Gasteiger partial charge in [-0.05, 0) is 89.9 Å². The third kappa shape index (κ3) is 50.7. The number of carbonyl (C=O) groups excluding carboxylic acids is 1. The number of hydrogen-bond donors (Lipinski definition) is 9. The van der Waals surface area contributed by atoms with Gasteiger partial charge in [-0.15, -0.1) is 0 Å². The Bertz CT molecular complexity index is 2150. The number of allylic oxidation sites excluding steroid dienone is 19. The molecule has 100 heavy (non-hydrogen) atoms. The van der Waals surface area contributed by atoms with Gasteiger partial charge in [0.25, 0.3) is 0 Å². The van der Waals surface area contributed by atoms with Crippen molar-refractivity contribution in [2.24, 2.45) is 0 Å². The number of amides is 1. The SMILES string of the molecule is CC/C=C\C/C=C\C/C=C\C/C=C\C/C=C\C/C=C\C/C=C\C/C=C\C/C=C\CCCCCCCC(=O)NC(COC1OC(CO)C(OC2OC(CO)C(O)C(O)C2O)C(O)C1O)C(O)/C=C/CCCCCCCCCCCCCCCCCCCCCCCCCCCCCCCCC. The Morgan fingerprint density at radius 2 is 0.690 bits per heavy atom. The Morgan fingerprint density at radius 3 is 1.06 bits per heavy atom. The molecular formula is C86H149NO13. The second-order valence-electron chi connectivity index (χ2n) is 28.2. The molecule has 0 aromatic heterocycles. The van der Waals surface area contributed by atoms with Gasteiger partial charge in [-0.1, -0.05) is 347 Å². The summed E-state index contributed by atoms with van der Waals surface area (Å²) in [5.74, 6) is -0.259. The standard InChI is InChI=1S/C86H149NO13/c1-3-5-7-9-11-13-15-17-19-21-23-25-27-29-31-33-35-37-39-41-43-45-47-49-51-53-55-57-59-61-63-65-67-69-75(90)74(73-97-85-83(96)81(94)84(77(72-89)99-85)100-86-82(95)80(93)79(92)76(71-88)98-86)87-78(91)70-68-66-64-62-60-58-56-54-52-50-48-46-44-42-40-38-36-34-32-30-28-26-24-22-20-18-16-14-12-10-8-6-4-2/h6,8,12,14,18,20,24,26,30,32,36,38,42,44,48,50,54,56,67,69,74-77,79-86,88-90,92-96H,3-5,7,9-11,13,15-17,19,21-23,25,27-29,31,33-35,37,39-41,43,45-47,49,51-53,55,57-66,68,70-73H2,1-2H3,(H,87,91)/b8-6-,14-12-,20-18-,26-24-,32-30-,38-36-,44-42-,50-48-,56-54-,69-67+. The fraction of sp³-hybridized carbons (Fsp3) is 0.756. The summed E-state index contributed by atoms with van der Waals surface area (Å²) in [4.78, 5) is 13.4. The molecule has 0 aromatic carbocycles. The van der Waals surface area contributed by atoms with Gasteiger partial charge >= 0.3 is 0 Å². The number of aliphatic hydroxyl groups excluding tert-OH is 8. The van der Waals surface area contributed by atoms with Gasteiger partial charge in [0.1, 0.15) is 48.8 Å². The molecule has 0 spiro atoms. The number of ether oxygens (including phenoxy) is 4. The van der Waals surface area contributed by atoms with E-state index in [0.717, 1.165) is 109 Å². The number of unbranched alkanes of at least 4 members (excludes halogenated alkanes) is 36. The van der Waals surface area contributed by atoms with Crippen LogP contribution in [0.2, 0.25) is 0 Å². The van der Waals surface area contributed by atoms with Crippen LogP contribution >= 0.6 is 0 Å². The van der Waals surface area contributed by atoms with E-state index in [-0.39, 0.29) is 18.9 Å². The highest BCUT2D eigenvalue weighted by Gasteiger charge is 2.51. The lowest BCUT2D eigenvalue weighted by Gasteiger charge is -2.46.